The average molecular weight is 173 g/mol. The Morgan fingerprint density at radius 2 is 1.85 bits per heavy atom. The lowest BCUT2D eigenvalue weighted by molar-refractivity contribution is 0.972. The van der Waals surface area contributed by atoms with Crippen LogP contribution in [0.5, 0.6) is 0 Å². The van der Waals surface area contributed by atoms with Crippen LogP contribution in [0.25, 0.3) is 0 Å². The van der Waals surface area contributed by atoms with Crippen molar-refractivity contribution in [3.8, 4) is 0 Å². The molecule has 0 atom stereocenters. The maximum Gasteiger partial charge on any atom is 0.0545 e. The van der Waals surface area contributed by atoms with Gasteiger partial charge in [-0.05, 0) is 18.2 Å². The molecule has 0 bridgehead atoms. The summed E-state index contributed by atoms with van der Waals surface area (Å²) in [4.78, 5) is 0. The normalized spacial score (nSPS) is 9.85. The van der Waals surface area contributed by atoms with E-state index in [2.05, 4.69) is 5.43 Å². The fourth-order valence-corrected chi connectivity index (χ4v) is 1.14. The third-order valence-corrected chi connectivity index (χ3v) is 1.75. The molecule has 0 radical (unpaired) electrons. The zero-order valence-corrected chi connectivity index (χ0v) is 7.14. The second-order valence-electron chi connectivity index (χ2n) is 2.83. The molecule has 0 amide bonds. The summed E-state index contributed by atoms with van der Waals surface area (Å²) in [5, 5.41) is 0. The summed E-state index contributed by atoms with van der Waals surface area (Å²) in [5.41, 5.74) is 10.5. The second-order valence-corrected chi connectivity index (χ2v) is 2.83. The quantitative estimate of drug-likeness (QED) is 0.728. The molecule has 0 fully saturated rings. The Hall–Kier alpha value is -1.90. The Balaban J connectivity index is 2.15. The minimum Gasteiger partial charge on any atom is -0.397 e. The van der Waals surface area contributed by atoms with E-state index in [1.807, 2.05) is 53.5 Å². The van der Waals surface area contributed by atoms with E-state index in [4.69, 9.17) is 5.73 Å². The Bertz CT molecular complexity index is 378. The van der Waals surface area contributed by atoms with Gasteiger partial charge in [-0.2, -0.15) is 0 Å². The van der Waals surface area contributed by atoms with Crippen LogP contribution in [0.15, 0.2) is 48.8 Å². The van der Waals surface area contributed by atoms with Gasteiger partial charge in [-0.3, -0.25) is 10.1 Å². The number of nitrogens with one attached hydrogen (secondary N) is 1. The summed E-state index contributed by atoms with van der Waals surface area (Å²) in [6.45, 7) is 0. The number of rotatable bonds is 2. The Labute approximate surface area is 76.8 Å². The highest BCUT2D eigenvalue weighted by Gasteiger charge is 1.91. The standard InChI is InChI=1S/C10H11N3/c11-9-6-7-13(8-9)12-10-4-2-1-3-5-10/h1-8,12H,11H2. The van der Waals surface area contributed by atoms with E-state index in [1.54, 1.807) is 0 Å². The van der Waals surface area contributed by atoms with Gasteiger partial charge in [0.15, 0.2) is 0 Å². The van der Waals surface area contributed by atoms with Crippen LogP contribution in [-0.2, 0) is 0 Å². The monoisotopic (exact) mass is 173 g/mol. The van der Waals surface area contributed by atoms with Gasteiger partial charge in [0.1, 0.15) is 0 Å². The highest BCUT2D eigenvalue weighted by atomic mass is 15.4. The van der Waals surface area contributed by atoms with Crippen LogP contribution in [0, 0.1) is 0 Å². The van der Waals surface area contributed by atoms with Crippen molar-refractivity contribution in [2.24, 2.45) is 0 Å². The van der Waals surface area contributed by atoms with Gasteiger partial charge >= 0.3 is 0 Å². The van der Waals surface area contributed by atoms with Gasteiger partial charge in [-0.1, -0.05) is 18.2 Å². The fraction of sp³-hybridized carbons (Fsp3) is 0. The summed E-state index contributed by atoms with van der Waals surface area (Å²) in [6.07, 6.45) is 3.70. The number of benzene rings is 1. The molecule has 0 spiro atoms. The lowest BCUT2D eigenvalue weighted by Gasteiger charge is -2.05. The van der Waals surface area contributed by atoms with E-state index in [1.165, 1.54) is 0 Å². The van der Waals surface area contributed by atoms with Gasteiger partial charge in [0.2, 0.25) is 0 Å². The van der Waals surface area contributed by atoms with Gasteiger partial charge < -0.3 is 5.73 Å². The lowest BCUT2D eigenvalue weighted by atomic mass is 10.3. The molecule has 0 saturated heterocycles. The maximum absolute atomic E-state index is 5.57. The minimum atomic E-state index is 0.753. The van der Waals surface area contributed by atoms with Gasteiger partial charge in [0.05, 0.1) is 11.4 Å². The van der Waals surface area contributed by atoms with Crippen LogP contribution in [0.3, 0.4) is 0 Å². The van der Waals surface area contributed by atoms with Crippen molar-refractivity contribution in [2.45, 2.75) is 0 Å². The number of para-hydroxylation sites is 1. The number of nitrogens with two attached hydrogens (primary N) is 1. The molecule has 0 aliphatic heterocycles. The largest absolute Gasteiger partial charge is 0.397 e. The van der Waals surface area contributed by atoms with E-state index in [0.29, 0.717) is 0 Å². The molecule has 66 valence electrons. The van der Waals surface area contributed by atoms with E-state index in [-0.39, 0.29) is 0 Å². The zero-order chi connectivity index (χ0) is 9.10. The molecule has 3 nitrogen and oxygen atoms in total. The van der Waals surface area contributed by atoms with E-state index < -0.39 is 0 Å². The van der Waals surface area contributed by atoms with Crippen molar-refractivity contribution in [3.05, 3.63) is 48.8 Å². The Kier molecular flexibility index (Phi) is 1.92. The molecular formula is C10H11N3. The van der Waals surface area contributed by atoms with Gasteiger partial charge in [0.25, 0.3) is 0 Å². The molecule has 0 aliphatic rings. The topological polar surface area (TPSA) is 43.0 Å². The molecule has 2 aromatic rings. The molecule has 0 aliphatic carbocycles. The Morgan fingerprint density at radius 3 is 2.46 bits per heavy atom. The van der Waals surface area contributed by atoms with Crippen LogP contribution >= 0.6 is 0 Å². The Morgan fingerprint density at radius 1 is 1.08 bits per heavy atom. The number of anilines is 2. The summed E-state index contributed by atoms with van der Waals surface area (Å²) in [6, 6.07) is 11.8. The number of hydrogen-bond donors (Lipinski definition) is 2. The first-order valence-electron chi connectivity index (χ1n) is 4.10. The zero-order valence-electron chi connectivity index (χ0n) is 7.14. The van der Waals surface area contributed by atoms with Crippen LogP contribution in [0.1, 0.15) is 0 Å². The predicted octanol–water partition coefficient (Wildman–Crippen LogP) is 1.95. The van der Waals surface area contributed by atoms with Crippen molar-refractivity contribution in [2.75, 3.05) is 11.2 Å². The number of nitrogen functional groups attached to an aromatic ring is 1. The van der Waals surface area contributed by atoms with Gasteiger partial charge in [-0.25, -0.2) is 0 Å². The van der Waals surface area contributed by atoms with Crippen molar-refractivity contribution < 1.29 is 0 Å². The highest BCUT2D eigenvalue weighted by Crippen LogP contribution is 2.07. The molecule has 13 heavy (non-hydrogen) atoms. The molecule has 2 rings (SSSR count). The predicted molar refractivity (Wildman–Crippen MR) is 54.3 cm³/mol. The summed E-state index contributed by atoms with van der Waals surface area (Å²) < 4.78 is 1.82. The number of nitrogens with zero attached hydrogens (tertiary/aromatic N) is 1. The summed E-state index contributed by atoms with van der Waals surface area (Å²) >= 11 is 0. The van der Waals surface area contributed by atoms with Crippen LogP contribution in [-0.4, -0.2) is 4.68 Å². The van der Waals surface area contributed by atoms with E-state index >= 15 is 0 Å². The third-order valence-electron chi connectivity index (χ3n) is 1.75. The molecule has 1 heterocycles. The van der Waals surface area contributed by atoms with Crippen molar-refractivity contribution >= 4 is 11.4 Å². The molecule has 1 aromatic carbocycles. The SMILES string of the molecule is Nc1ccn(Nc2ccccc2)c1. The van der Waals surface area contributed by atoms with Crippen LogP contribution in [0.2, 0.25) is 0 Å². The second kappa shape index (κ2) is 3.23. The minimum absolute atomic E-state index is 0.753. The van der Waals surface area contributed by atoms with Crippen molar-refractivity contribution in [1.82, 2.24) is 4.68 Å². The van der Waals surface area contributed by atoms with Crippen molar-refractivity contribution in [1.29, 1.82) is 0 Å². The van der Waals surface area contributed by atoms with E-state index in [9.17, 15) is 0 Å². The van der Waals surface area contributed by atoms with Crippen molar-refractivity contribution in [3.63, 3.8) is 0 Å². The fourth-order valence-electron chi connectivity index (χ4n) is 1.14. The number of hydrogen-bond acceptors (Lipinski definition) is 2. The average Bonchev–Trinajstić information content (AvgIpc) is 2.53. The molecule has 3 N–H and O–H groups in total. The summed E-state index contributed by atoms with van der Waals surface area (Å²) in [7, 11) is 0. The smallest absolute Gasteiger partial charge is 0.0545 e. The molecule has 1 aromatic heterocycles. The number of aromatic nitrogens is 1. The molecule has 0 saturated carbocycles. The van der Waals surface area contributed by atoms with Gasteiger partial charge in [-0.15, -0.1) is 0 Å². The summed E-state index contributed by atoms with van der Waals surface area (Å²) in [5.74, 6) is 0. The van der Waals surface area contributed by atoms with E-state index in [0.717, 1.165) is 11.4 Å². The van der Waals surface area contributed by atoms with Crippen LogP contribution < -0.4 is 11.2 Å². The van der Waals surface area contributed by atoms with Gasteiger partial charge in [0, 0.05) is 12.4 Å². The highest BCUT2D eigenvalue weighted by molar-refractivity contribution is 5.44. The first kappa shape index (κ1) is 7.73. The molecule has 0 unspecified atom stereocenters. The first-order valence-corrected chi connectivity index (χ1v) is 4.10. The lowest BCUT2D eigenvalue weighted by Crippen LogP contribution is -2.05. The molecular weight excluding hydrogens is 162 g/mol. The van der Waals surface area contributed by atoms with Crippen LogP contribution in [0.4, 0.5) is 11.4 Å². The third kappa shape index (κ3) is 1.82. The maximum atomic E-state index is 5.57. The molecule has 3 heteroatoms. The first-order chi connectivity index (χ1) is 6.34.